The van der Waals surface area contributed by atoms with Crippen LogP contribution in [0.1, 0.15) is 55.2 Å². The minimum absolute atomic E-state index is 0.139. The molecular weight excluding hydrogens is 599 g/mol. The molecule has 4 saturated carbocycles. The molecule has 1 saturated heterocycles. The van der Waals surface area contributed by atoms with Gasteiger partial charge in [-0.05, 0) is 137 Å². The molecule has 42 heavy (non-hydrogen) atoms. The summed E-state index contributed by atoms with van der Waals surface area (Å²) in [7, 11) is 0. The number of nitrogens with zero attached hydrogens (tertiary/aromatic N) is 1. The topological polar surface area (TPSA) is 75.7 Å². The Morgan fingerprint density at radius 1 is 0.929 bits per heavy atom. The molecule has 4 bridgehead atoms. The number of hydrogen-bond acceptors (Lipinski definition) is 4. The largest absolute Gasteiger partial charge is 0.488 e. The van der Waals surface area contributed by atoms with Crippen molar-refractivity contribution in [2.24, 2.45) is 17.8 Å². The predicted molar refractivity (Wildman–Crippen MR) is 160 cm³/mol. The lowest BCUT2D eigenvalue weighted by Gasteiger charge is -2.57. The molecule has 4 aliphatic carbocycles. The van der Waals surface area contributed by atoms with E-state index < -0.39 is 17.8 Å². The molecule has 214 valence electrons. The van der Waals surface area contributed by atoms with Crippen molar-refractivity contribution in [2.75, 3.05) is 4.90 Å². The number of rotatable bonds is 6. The summed E-state index contributed by atoms with van der Waals surface area (Å²) in [6, 6.07) is 18.4. The van der Waals surface area contributed by atoms with Crippen molar-refractivity contribution in [1.29, 1.82) is 0 Å². The maximum Gasteiger partial charge on any atom is 0.335 e. The van der Waals surface area contributed by atoms with Gasteiger partial charge in [-0.15, -0.1) is 0 Å². The third-order valence-corrected chi connectivity index (χ3v) is 10.0. The van der Waals surface area contributed by atoms with Gasteiger partial charge in [-0.3, -0.25) is 14.9 Å². The Morgan fingerprint density at radius 2 is 1.62 bits per heavy atom. The van der Waals surface area contributed by atoms with E-state index in [1.165, 1.54) is 62.3 Å². The first-order valence-corrected chi connectivity index (χ1v) is 15.2. The lowest BCUT2D eigenvalue weighted by atomic mass is 9.48. The van der Waals surface area contributed by atoms with Crippen molar-refractivity contribution in [3.8, 4) is 5.75 Å². The number of carbonyl (C=O) groups is 3. The Hall–Kier alpha value is -3.78. The van der Waals surface area contributed by atoms with Crippen LogP contribution in [0.4, 0.5) is 14.9 Å². The van der Waals surface area contributed by atoms with Crippen LogP contribution in [0, 0.1) is 23.6 Å². The molecule has 5 fully saturated rings. The highest BCUT2D eigenvalue weighted by atomic mass is 79.9. The van der Waals surface area contributed by atoms with E-state index in [4.69, 9.17) is 4.74 Å². The van der Waals surface area contributed by atoms with Gasteiger partial charge in [0, 0.05) is 0 Å². The SMILES string of the molecule is O=C1NC(=O)N(c2ccc(C34CC5CC(CC(C5)C3)C4)cc2)C(=O)/C1=C/c1ccc(OCc2cccc(F)c2)c(Br)c1. The maximum atomic E-state index is 13.5. The summed E-state index contributed by atoms with van der Waals surface area (Å²) in [6.45, 7) is 0.177. The van der Waals surface area contributed by atoms with Crippen molar-refractivity contribution in [3.63, 3.8) is 0 Å². The lowest BCUT2D eigenvalue weighted by molar-refractivity contribution is -0.122. The van der Waals surface area contributed by atoms with E-state index >= 15 is 0 Å². The number of amides is 4. The standard InChI is InChI=1S/C34H30BrFN2O4/c35-29-15-20(4-9-30(29)42-19-21-2-1-3-26(36)13-21)14-28-31(39)37-33(41)38(32(28)40)27-7-5-25(6-8-27)34-16-22-10-23(17-34)12-24(11-22)18-34/h1-9,13-15,22-24H,10-12,16-19H2,(H,37,39,41)/b28-14+. The van der Waals surface area contributed by atoms with Crippen molar-refractivity contribution < 1.29 is 23.5 Å². The number of hydrogen-bond donors (Lipinski definition) is 1. The van der Waals surface area contributed by atoms with Crippen molar-refractivity contribution in [3.05, 3.63) is 99.3 Å². The molecule has 0 unspecified atom stereocenters. The van der Waals surface area contributed by atoms with Crippen LogP contribution in [0.3, 0.4) is 0 Å². The fourth-order valence-electron chi connectivity index (χ4n) is 8.00. The molecule has 5 aliphatic rings. The monoisotopic (exact) mass is 628 g/mol. The van der Waals surface area contributed by atoms with Crippen molar-refractivity contribution >= 4 is 45.5 Å². The number of imide groups is 2. The highest BCUT2D eigenvalue weighted by Crippen LogP contribution is 2.60. The number of anilines is 1. The van der Waals surface area contributed by atoms with Gasteiger partial charge in [-0.2, -0.15) is 0 Å². The van der Waals surface area contributed by atoms with E-state index in [1.807, 2.05) is 12.1 Å². The third kappa shape index (κ3) is 4.96. The van der Waals surface area contributed by atoms with E-state index in [-0.39, 0.29) is 23.4 Å². The van der Waals surface area contributed by atoms with Crippen LogP contribution in [0.15, 0.2) is 76.8 Å². The summed E-state index contributed by atoms with van der Waals surface area (Å²) in [5.41, 5.74) is 3.07. The second-order valence-electron chi connectivity index (χ2n) is 12.3. The third-order valence-electron chi connectivity index (χ3n) is 9.43. The molecule has 6 nitrogen and oxygen atoms in total. The number of carbonyl (C=O) groups excluding carboxylic acids is 3. The van der Waals surface area contributed by atoms with E-state index in [9.17, 15) is 18.8 Å². The Kier molecular flexibility index (Phi) is 6.76. The Morgan fingerprint density at radius 3 is 2.26 bits per heavy atom. The molecule has 8 rings (SSSR count). The van der Waals surface area contributed by atoms with E-state index in [1.54, 1.807) is 30.3 Å². The zero-order valence-electron chi connectivity index (χ0n) is 22.9. The zero-order valence-corrected chi connectivity index (χ0v) is 24.5. The molecule has 8 heteroatoms. The fraction of sp³-hybridized carbons (Fsp3) is 0.324. The van der Waals surface area contributed by atoms with E-state index in [2.05, 4.69) is 33.4 Å². The van der Waals surface area contributed by atoms with Gasteiger partial charge in [0.1, 0.15) is 23.7 Å². The summed E-state index contributed by atoms with van der Waals surface area (Å²) in [6.07, 6.45) is 9.24. The number of halogens is 2. The predicted octanol–water partition coefficient (Wildman–Crippen LogP) is 7.30. The second-order valence-corrected chi connectivity index (χ2v) is 13.2. The molecule has 0 aromatic heterocycles. The molecule has 0 radical (unpaired) electrons. The number of ether oxygens (including phenoxy) is 1. The van der Waals surface area contributed by atoms with Gasteiger partial charge in [0.2, 0.25) is 0 Å². The summed E-state index contributed by atoms with van der Waals surface area (Å²) in [5.74, 6) is 1.23. The minimum atomic E-state index is -0.757. The van der Waals surface area contributed by atoms with Gasteiger partial charge in [-0.1, -0.05) is 30.3 Å². The van der Waals surface area contributed by atoms with E-state index in [0.29, 0.717) is 27.0 Å². The Balaban J connectivity index is 1.09. The molecule has 1 heterocycles. The molecule has 1 N–H and O–H groups in total. The zero-order chi connectivity index (χ0) is 29.0. The number of barbiturate groups is 1. The smallest absolute Gasteiger partial charge is 0.335 e. The summed E-state index contributed by atoms with van der Waals surface area (Å²) in [4.78, 5) is 40.1. The molecule has 3 aromatic carbocycles. The molecule has 3 aromatic rings. The van der Waals surface area contributed by atoms with E-state index in [0.717, 1.165) is 22.7 Å². The van der Waals surface area contributed by atoms with Gasteiger partial charge in [0.15, 0.2) is 0 Å². The molecular formula is C34H30BrFN2O4. The van der Waals surface area contributed by atoms with Crippen LogP contribution >= 0.6 is 15.9 Å². The van der Waals surface area contributed by atoms with Crippen molar-refractivity contribution in [2.45, 2.75) is 50.5 Å². The second kappa shape index (κ2) is 10.5. The Labute approximate surface area is 252 Å². The average molecular weight is 630 g/mol. The van der Waals surface area contributed by atoms with Gasteiger partial charge < -0.3 is 4.74 Å². The number of nitrogens with one attached hydrogen (secondary N) is 1. The van der Waals surface area contributed by atoms with Crippen LogP contribution in [0.5, 0.6) is 5.75 Å². The quantitative estimate of drug-likeness (QED) is 0.229. The van der Waals surface area contributed by atoms with Crippen LogP contribution < -0.4 is 15.0 Å². The van der Waals surface area contributed by atoms with Gasteiger partial charge >= 0.3 is 6.03 Å². The lowest BCUT2D eigenvalue weighted by Crippen LogP contribution is -2.54. The molecule has 1 aliphatic heterocycles. The van der Waals surface area contributed by atoms with Crippen LogP contribution in [0.25, 0.3) is 6.08 Å². The number of benzene rings is 3. The van der Waals surface area contributed by atoms with Crippen LogP contribution in [-0.2, 0) is 21.6 Å². The van der Waals surface area contributed by atoms with Crippen LogP contribution in [0.2, 0.25) is 0 Å². The highest BCUT2D eigenvalue weighted by Gasteiger charge is 2.51. The summed E-state index contributed by atoms with van der Waals surface area (Å²) >= 11 is 3.47. The molecule has 0 atom stereocenters. The summed E-state index contributed by atoms with van der Waals surface area (Å²) < 4.78 is 19.9. The molecule has 0 spiro atoms. The minimum Gasteiger partial charge on any atom is -0.488 e. The maximum absolute atomic E-state index is 13.5. The van der Waals surface area contributed by atoms with Crippen LogP contribution in [-0.4, -0.2) is 17.8 Å². The highest BCUT2D eigenvalue weighted by molar-refractivity contribution is 9.10. The normalized spacial score (nSPS) is 27.5. The van der Waals surface area contributed by atoms with Crippen molar-refractivity contribution in [1.82, 2.24) is 5.32 Å². The number of urea groups is 1. The Bertz CT molecular complexity index is 1600. The first-order valence-electron chi connectivity index (χ1n) is 14.5. The van der Waals surface area contributed by atoms with Gasteiger partial charge in [0.25, 0.3) is 11.8 Å². The average Bonchev–Trinajstić information content (AvgIpc) is 2.94. The first-order chi connectivity index (χ1) is 20.3. The molecule has 4 amide bonds. The van der Waals surface area contributed by atoms with Gasteiger partial charge in [-0.25, -0.2) is 14.1 Å². The fourth-order valence-corrected chi connectivity index (χ4v) is 8.51. The summed E-state index contributed by atoms with van der Waals surface area (Å²) in [5, 5.41) is 2.31. The first kappa shape index (κ1) is 27.1. The van der Waals surface area contributed by atoms with Gasteiger partial charge in [0.05, 0.1) is 10.2 Å².